The van der Waals surface area contributed by atoms with Crippen molar-refractivity contribution in [1.82, 2.24) is 4.98 Å². The van der Waals surface area contributed by atoms with Crippen molar-refractivity contribution in [2.45, 2.75) is 6.42 Å². The highest BCUT2D eigenvalue weighted by Crippen LogP contribution is 2.27. The van der Waals surface area contributed by atoms with E-state index >= 15 is 0 Å². The van der Waals surface area contributed by atoms with Crippen molar-refractivity contribution < 1.29 is 19.8 Å². The van der Waals surface area contributed by atoms with Crippen LogP contribution in [0.2, 0.25) is 5.02 Å². The van der Waals surface area contributed by atoms with Crippen molar-refractivity contribution in [1.29, 1.82) is 0 Å². The topological polar surface area (TPSA) is 90.4 Å². The molecule has 0 spiro atoms. The van der Waals surface area contributed by atoms with Gasteiger partial charge in [-0.05, 0) is 36.4 Å². The molecule has 0 saturated heterocycles. The highest BCUT2D eigenvalue weighted by Gasteiger charge is 2.21. The van der Waals surface area contributed by atoms with Gasteiger partial charge in [-0.25, -0.2) is 0 Å². The summed E-state index contributed by atoms with van der Waals surface area (Å²) in [7, 11) is 0. The van der Waals surface area contributed by atoms with Gasteiger partial charge in [0.25, 0.3) is 0 Å². The number of phenolic OH excluding ortho intramolecular Hbond substituents is 1. The van der Waals surface area contributed by atoms with Crippen LogP contribution in [0.1, 0.15) is 21.6 Å². The number of H-pyrrole nitrogens is 1. The molecule has 5 nitrogen and oxygen atoms in total. The Morgan fingerprint density at radius 3 is 2.43 bits per heavy atom. The molecule has 2 aromatic carbocycles. The van der Waals surface area contributed by atoms with Crippen molar-refractivity contribution in [3.05, 3.63) is 64.3 Å². The molecule has 3 rings (SSSR count). The van der Waals surface area contributed by atoms with Gasteiger partial charge in [0.15, 0.2) is 0 Å². The first-order valence-electron chi connectivity index (χ1n) is 6.81. The lowest BCUT2D eigenvalue weighted by Crippen LogP contribution is -2.08. The molecule has 1 heterocycles. The Labute approximate surface area is 136 Å². The van der Waals surface area contributed by atoms with Crippen molar-refractivity contribution >= 4 is 34.3 Å². The number of benzene rings is 2. The number of nitrogens with one attached hydrogen (secondary N) is 1. The van der Waals surface area contributed by atoms with E-state index in [1.165, 1.54) is 24.3 Å². The van der Waals surface area contributed by atoms with Gasteiger partial charge in [0.1, 0.15) is 5.75 Å². The predicted octanol–water partition coefficient (Wildman–Crippen LogP) is 3.39. The first-order chi connectivity index (χ1) is 11.0. The summed E-state index contributed by atoms with van der Waals surface area (Å²) in [6.07, 6.45) is -0.277. The summed E-state index contributed by atoms with van der Waals surface area (Å²) in [4.78, 5) is 26.8. The summed E-state index contributed by atoms with van der Waals surface area (Å²) in [5.41, 5.74) is 1.60. The number of halogens is 1. The van der Waals surface area contributed by atoms with Crippen LogP contribution in [0.3, 0.4) is 0 Å². The number of hydrogen-bond acceptors (Lipinski definition) is 3. The van der Waals surface area contributed by atoms with Gasteiger partial charge in [-0.1, -0.05) is 17.7 Å². The second kappa shape index (κ2) is 5.78. The van der Waals surface area contributed by atoms with Crippen LogP contribution < -0.4 is 0 Å². The quantitative estimate of drug-likeness (QED) is 0.640. The van der Waals surface area contributed by atoms with Gasteiger partial charge < -0.3 is 15.2 Å². The lowest BCUT2D eigenvalue weighted by atomic mass is 10.0. The SMILES string of the molecule is O=C(O)Cc1c(C(=O)c2ccc(O)cc2)[nH]c2cc(Cl)ccc12. The molecule has 0 bridgehead atoms. The normalized spacial score (nSPS) is 10.8. The maximum atomic E-state index is 12.7. The van der Waals surface area contributed by atoms with E-state index in [1.807, 2.05) is 0 Å². The fourth-order valence-electron chi connectivity index (χ4n) is 2.51. The molecule has 3 aromatic rings. The zero-order valence-electron chi connectivity index (χ0n) is 11.8. The standard InChI is InChI=1S/C17H12ClNO4/c18-10-3-6-12-13(8-15(21)22)16(19-14(12)7-10)17(23)9-1-4-11(20)5-2-9/h1-7,19-20H,8H2,(H,21,22). The van der Waals surface area contributed by atoms with E-state index in [9.17, 15) is 14.7 Å². The summed E-state index contributed by atoms with van der Waals surface area (Å²) in [5.74, 6) is -1.31. The van der Waals surface area contributed by atoms with E-state index in [4.69, 9.17) is 16.7 Å². The maximum absolute atomic E-state index is 12.7. The number of ketones is 1. The van der Waals surface area contributed by atoms with Crippen LogP contribution in [-0.2, 0) is 11.2 Å². The van der Waals surface area contributed by atoms with E-state index in [0.29, 0.717) is 27.1 Å². The molecule has 0 aliphatic carbocycles. The van der Waals surface area contributed by atoms with E-state index < -0.39 is 5.97 Å². The summed E-state index contributed by atoms with van der Waals surface area (Å²) < 4.78 is 0. The molecular weight excluding hydrogens is 318 g/mol. The molecule has 3 N–H and O–H groups in total. The molecule has 0 radical (unpaired) electrons. The number of carboxylic acid groups (broad SMARTS) is 1. The van der Waals surface area contributed by atoms with E-state index in [-0.39, 0.29) is 23.6 Å². The van der Waals surface area contributed by atoms with Crippen molar-refractivity contribution in [2.75, 3.05) is 0 Å². The zero-order valence-corrected chi connectivity index (χ0v) is 12.6. The molecule has 0 amide bonds. The van der Waals surface area contributed by atoms with Crippen molar-refractivity contribution in [3.8, 4) is 5.75 Å². The third-order valence-corrected chi connectivity index (χ3v) is 3.79. The van der Waals surface area contributed by atoms with Crippen LogP contribution in [0.25, 0.3) is 10.9 Å². The van der Waals surface area contributed by atoms with Crippen LogP contribution in [0.4, 0.5) is 0 Å². The first kappa shape index (κ1) is 15.1. The molecule has 0 atom stereocenters. The molecule has 1 aromatic heterocycles. The number of aliphatic carboxylic acids is 1. The fraction of sp³-hybridized carbons (Fsp3) is 0.0588. The minimum atomic E-state index is -1.03. The number of carbonyl (C=O) groups is 2. The molecule has 0 aliphatic heterocycles. The monoisotopic (exact) mass is 329 g/mol. The number of aromatic amines is 1. The minimum Gasteiger partial charge on any atom is -0.508 e. The Morgan fingerprint density at radius 1 is 1.09 bits per heavy atom. The van der Waals surface area contributed by atoms with Crippen molar-refractivity contribution in [2.24, 2.45) is 0 Å². The van der Waals surface area contributed by atoms with Gasteiger partial charge in [-0.2, -0.15) is 0 Å². The Morgan fingerprint density at radius 2 is 1.78 bits per heavy atom. The molecule has 0 saturated carbocycles. The van der Waals surface area contributed by atoms with E-state index in [1.54, 1.807) is 18.2 Å². The molecule has 0 aliphatic rings. The average Bonchev–Trinajstić information content (AvgIpc) is 2.84. The third kappa shape index (κ3) is 2.91. The smallest absolute Gasteiger partial charge is 0.307 e. The fourth-order valence-corrected chi connectivity index (χ4v) is 2.69. The molecular formula is C17H12ClNO4. The van der Waals surface area contributed by atoms with E-state index in [2.05, 4.69) is 4.98 Å². The Hall–Kier alpha value is -2.79. The van der Waals surface area contributed by atoms with Gasteiger partial charge in [-0.3, -0.25) is 9.59 Å². The largest absolute Gasteiger partial charge is 0.508 e. The van der Waals surface area contributed by atoms with Gasteiger partial charge in [0.2, 0.25) is 5.78 Å². The van der Waals surface area contributed by atoms with Gasteiger partial charge in [-0.15, -0.1) is 0 Å². The van der Waals surface area contributed by atoms with Crippen LogP contribution in [0.15, 0.2) is 42.5 Å². The Kier molecular flexibility index (Phi) is 3.80. The number of carboxylic acids is 1. The van der Waals surface area contributed by atoms with Gasteiger partial charge in [0.05, 0.1) is 12.1 Å². The van der Waals surface area contributed by atoms with Crippen LogP contribution in [-0.4, -0.2) is 26.9 Å². The Bertz CT molecular complexity index is 912. The van der Waals surface area contributed by atoms with Crippen LogP contribution >= 0.6 is 11.6 Å². The summed E-state index contributed by atoms with van der Waals surface area (Å²) in [5, 5.41) is 19.6. The number of rotatable bonds is 4. The number of hydrogen-bond donors (Lipinski definition) is 3. The molecule has 116 valence electrons. The third-order valence-electron chi connectivity index (χ3n) is 3.55. The maximum Gasteiger partial charge on any atom is 0.307 e. The van der Waals surface area contributed by atoms with E-state index in [0.717, 1.165) is 0 Å². The highest BCUT2D eigenvalue weighted by atomic mass is 35.5. The molecule has 23 heavy (non-hydrogen) atoms. The van der Waals surface area contributed by atoms with Crippen molar-refractivity contribution in [3.63, 3.8) is 0 Å². The number of aromatic hydroxyl groups is 1. The van der Waals surface area contributed by atoms with Gasteiger partial charge in [0, 0.05) is 27.1 Å². The predicted molar refractivity (Wildman–Crippen MR) is 86.2 cm³/mol. The lowest BCUT2D eigenvalue weighted by molar-refractivity contribution is -0.136. The van der Waals surface area contributed by atoms with Gasteiger partial charge >= 0.3 is 5.97 Å². The second-order valence-electron chi connectivity index (χ2n) is 5.11. The lowest BCUT2D eigenvalue weighted by Gasteiger charge is -2.03. The number of fused-ring (bicyclic) bond motifs is 1. The highest BCUT2D eigenvalue weighted by molar-refractivity contribution is 6.31. The molecule has 6 heteroatoms. The average molecular weight is 330 g/mol. The number of aromatic nitrogens is 1. The number of phenols is 1. The zero-order chi connectivity index (χ0) is 16.6. The van der Waals surface area contributed by atoms with Crippen LogP contribution in [0, 0.1) is 0 Å². The minimum absolute atomic E-state index is 0.0516. The molecule has 0 fully saturated rings. The Balaban J connectivity index is 2.16. The first-order valence-corrected chi connectivity index (χ1v) is 7.19. The molecule has 0 unspecified atom stereocenters. The number of carbonyl (C=O) groups excluding carboxylic acids is 1. The second-order valence-corrected chi connectivity index (χ2v) is 5.55. The summed E-state index contributed by atoms with van der Waals surface area (Å²) in [6.45, 7) is 0. The van der Waals surface area contributed by atoms with Crippen LogP contribution in [0.5, 0.6) is 5.75 Å². The summed E-state index contributed by atoms with van der Waals surface area (Å²) >= 11 is 5.95. The summed E-state index contributed by atoms with van der Waals surface area (Å²) in [6, 6.07) is 10.8.